The summed E-state index contributed by atoms with van der Waals surface area (Å²) in [6.07, 6.45) is 0.642. The fourth-order valence-corrected chi connectivity index (χ4v) is 2.47. The molecular weight excluding hydrogens is 274 g/mol. The molecule has 1 aromatic carbocycles. The third-order valence-electron chi connectivity index (χ3n) is 3.89. The van der Waals surface area contributed by atoms with Gasteiger partial charge in [-0.25, -0.2) is 0 Å². The molecule has 0 bridgehead atoms. The normalized spacial score (nSPS) is 14.5. The van der Waals surface area contributed by atoms with Gasteiger partial charge < -0.3 is 9.84 Å². The minimum absolute atomic E-state index is 0.416. The summed E-state index contributed by atoms with van der Waals surface area (Å²) in [4.78, 5) is 2.35. The third-order valence-corrected chi connectivity index (χ3v) is 3.89. The average Bonchev–Trinajstić information content (AvgIpc) is 2.45. The molecule has 0 fully saturated rings. The molecular formula is C19H33NO2. The Labute approximate surface area is 136 Å². The van der Waals surface area contributed by atoms with Gasteiger partial charge in [-0.1, -0.05) is 50.6 Å². The van der Waals surface area contributed by atoms with Gasteiger partial charge >= 0.3 is 0 Å². The van der Waals surface area contributed by atoms with E-state index in [1.165, 1.54) is 11.1 Å². The van der Waals surface area contributed by atoms with Crippen LogP contribution in [0.4, 0.5) is 0 Å². The lowest BCUT2D eigenvalue weighted by Crippen LogP contribution is -2.40. The van der Waals surface area contributed by atoms with E-state index in [2.05, 4.69) is 63.8 Å². The van der Waals surface area contributed by atoms with Crippen LogP contribution in [-0.2, 0) is 11.3 Å². The Kier molecular flexibility index (Phi) is 8.69. The van der Waals surface area contributed by atoms with Crippen molar-refractivity contribution in [3.05, 3.63) is 35.4 Å². The Morgan fingerprint density at radius 1 is 1.18 bits per heavy atom. The molecule has 2 unspecified atom stereocenters. The highest BCUT2D eigenvalue weighted by Gasteiger charge is 2.17. The molecule has 1 aromatic rings. The number of hydrogen-bond acceptors (Lipinski definition) is 3. The van der Waals surface area contributed by atoms with Crippen LogP contribution in [0.15, 0.2) is 24.3 Å². The predicted molar refractivity (Wildman–Crippen MR) is 93.0 cm³/mol. The molecule has 3 nitrogen and oxygen atoms in total. The first-order valence-corrected chi connectivity index (χ1v) is 8.47. The summed E-state index contributed by atoms with van der Waals surface area (Å²) in [5.74, 6) is 0.505. The highest BCUT2D eigenvalue weighted by atomic mass is 16.5. The van der Waals surface area contributed by atoms with Crippen molar-refractivity contribution in [2.75, 3.05) is 19.8 Å². The molecule has 1 rings (SSSR count). The van der Waals surface area contributed by atoms with Crippen LogP contribution in [0.25, 0.3) is 0 Å². The molecule has 0 aromatic heterocycles. The van der Waals surface area contributed by atoms with Gasteiger partial charge in [-0.15, -0.1) is 0 Å². The number of aliphatic hydroxyl groups excluding tert-OH is 1. The summed E-state index contributed by atoms with van der Waals surface area (Å²) in [7, 11) is 0. The molecule has 0 heterocycles. The van der Waals surface area contributed by atoms with Gasteiger partial charge in [-0.2, -0.15) is 0 Å². The van der Waals surface area contributed by atoms with E-state index in [9.17, 15) is 5.11 Å². The minimum Gasteiger partial charge on any atom is -0.389 e. The SMILES string of the molecule is CCC(C)N(Cc1cccc(C)c1)CC(O)COCC(C)C. The lowest BCUT2D eigenvalue weighted by Gasteiger charge is -2.30. The highest BCUT2D eigenvalue weighted by Crippen LogP contribution is 2.13. The molecule has 0 aliphatic rings. The molecule has 0 saturated heterocycles. The quantitative estimate of drug-likeness (QED) is 0.716. The monoisotopic (exact) mass is 307 g/mol. The first kappa shape index (κ1) is 19.1. The van der Waals surface area contributed by atoms with Crippen molar-refractivity contribution in [1.82, 2.24) is 4.90 Å². The smallest absolute Gasteiger partial charge is 0.0900 e. The minimum atomic E-state index is -0.433. The maximum atomic E-state index is 10.2. The zero-order valence-electron chi connectivity index (χ0n) is 14.9. The lowest BCUT2D eigenvalue weighted by molar-refractivity contribution is 0.000121. The lowest BCUT2D eigenvalue weighted by atomic mass is 10.1. The van der Waals surface area contributed by atoms with E-state index in [1.54, 1.807) is 0 Å². The predicted octanol–water partition coefficient (Wildman–Crippen LogP) is 3.63. The van der Waals surface area contributed by atoms with Gasteiger partial charge in [0.2, 0.25) is 0 Å². The van der Waals surface area contributed by atoms with Gasteiger partial charge in [-0.05, 0) is 31.7 Å². The first-order chi connectivity index (χ1) is 10.4. The van der Waals surface area contributed by atoms with E-state index in [0.717, 1.165) is 13.0 Å². The topological polar surface area (TPSA) is 32.7 Å². The number of ether oxygens (including phenoxy) is 1. The van der Waals surface area contributed by atoms with Crippen molar-refractivity contribution in [3.8, 4) is 0 Å². The maximum Gasteiger partial charge on any atom is 0.0900 e. The molecule has 0 saturated carbocycles. The van der Waals surface area contributed by atoms with Crippen LogP contribution in [0.3, 0.4) is 0 Å². The van der Waals surface area contributed by atoms with E-state index < -0.39 is 6.10 Å². The van der Waals surface area contributed by atoms with Crippen molar-refractivity contribution in [2.45, 2.75) is 59.7 Å². The zero-order chi connectivity index (χ0) is 16.5. The molecule has 0 amide bonds. The second-order valence-corrected chi connectivity index (χ2v) is 6.76. The molecule has 0 radical (unpaired) electrons. The largest absolute Gasteiger partial charge is 0.389 e. The van der Waals surface area contributed by atoms with Crippen molar-refractivity contribution >= 4 is 0 Å². The van der Waals surface area contributed by atoms with Crippen molar-refractivity contribution < 1.29 is 9.84 Å². The Morgan fingerprint density at radius 2 is 1.91 bits per heavy atom. The molecule has 22 heavy (non-hydrogen) atoms. The van der Waals surface area contributed by atoms with Crippen LogP contribution in [0.5, 0.6) is 0 Å². The Balaban J connectivity index is 2.57. The second-order valence-electron chi connectivity index (χ2n) is 6.76. The fraction of sp³-hybridized carbons (Fsp3) is 0.684. The van der Waals surface area contributed by atoms with Crippen LogP contribution < -0.4 is 0 Å². The van der Waals surface area contributed by atoms with E-state index in [1.807, 2.05) is 0 Å². The van der Waals surface area contributed by atoms with E-state index in [-0.39, 0.29) is 0 Å². The summed E-state index contributed by atoms with van der Waals surface area (Å²) in [5.41, 5.74) is 2.58. The number of nitrogens with zero attached hydrogens (tertiary/aromatic N) is 1. The Hall–Kier alpha value is -0.900. The number of rotatable bonds is 10. The van der Waals surface area contributed by atoms with Crippen molar-refractivity contribution in [3.63, 3.8) is 0 Å². The van der Waals surface area contributed by atoms with Crippen LogP contribution >= 0.6 is 0 Å². The summed E-state index contributed by atoms with van der Waals surface area (Å²) in [6, 6.07) is 9.04. The Bertz CT molecular complexity index is 420. The number of hydrogen-bond donors (Lipinski definition) is 1. The van der Waals surface area contributed by atoms with Gasteiger partial charge in [0.25, 0.3) is 0 Å². The number of aryl methyl sites for hydroxylation is 1. The summed E-state index contributed by atoms with van der Waals surface area (Å²) < 4.78 is 5.56. The van der Waals surface area contributed by atoms with Gasteiger partial charge in [0.05, 0.1) is 12.7 Å². The summed E-state index contributed by atoms with van der Waals surface area (Å²) in [6.45, 7) is 13.4. The molecule has 126 valence electrons. The number of benzene rings is 1. The van der Waals surface area contributed by atoms with Crippen LogP contribution in [0.1, 0.15) is 45.2 Å². The first-order valence-electron chi connectivity index (χ1n) is 8.47. The third kappa shape index (κ3) is 7.39. The van der Waals surface area contributed by atoms with Crippen LogP contribution in [0, 0.1) is 12.8 Å². The van der Waals surface area contributed by atoms with E-state index >= 15 is 0 Å². The van der Waals surface area contributed by atoms with E-state index in [4.69, 9.17) is 4.74 Å². The van der Waals surface area contributed by atoms with Crippen LogP contribution in [-0.4, -0.2) is 41.9 Å². The van der Waals surface area contributed by atoms with Gasteiger partial charge in [-0.3, -0.25) is 4.90 Å². The van der Waals surface area contributed by atoms with Crippen LogP contribution in [0.2, 0.25) is 0 Å². The molecule has 2 atom stereocenters. The molecule has 0 aliphatic carbocycles. The molecule has 0 spiro atoms. The highest BCUT2D eigenvalue weighted by molar-refractivity contribution is 5.22. The fourth-order valence-electron chi connectivity index (χ4n) is 2.47. The average molecular weight is 307 g/mol. The van der Waals surface area contributed by atoms with Crippen molar-refractivity contribution in [1.29, 1.82) is 0 Å². The van der Waals surface area contributed by atoms with Gasteiger partial charge in [0, 0.05) is 25.7 Å². The standard InChI is InChI=1S/C19H33NO2/c1-6-17(5)20(11-18-9-7-8-16(4)10-18)12-19(21)14-22-13-15(2)3/h7-10,15,17,19,21H,6,11-14H2,1-5H3. The van der Waals surface area contributed by atoms with Gasteiger partial charge in [0.1, 0.15) is 0 Å². The molecule has 3 heteroatoms. The zero-order valence-corrected chi connectivity index (χ0v) is 14.9. The summed E-state index contributed by atoms with van der Waals surface area (Å²) in [5, 5.41) is 10.2. The molecule has 1 N–H and O–H groups in total. The summed E-state index contributed by atoms with van der Waals surface area (Å²) >= 11 is 0. The van der Waals surface area contributed by atoms with Gasteiger partial charge in [0.15, 0.2) is 0 Å². The molecule has 0 aliphatic heterocycles. The van der Waals surface area contributed by atoms with Crippen molar-refractivity contribution in [2.24, 2.45) is 5.92 Å². The second kappa shape index (κ2) is 9.98. The maximum absolute atomic E-state index is 10.2. The number of aliphatic hydroxyl groups is 1. The van der Waals surface area contributed by atoms with E-state index in [0.29, 0.717) is 31.7 Å². The Morgan fingerprint density at radius 3 is 2.50 bits per heavy atom.